The summed E-state index contributed by atoms with van der Waals surface area (Å²) in [6.45, 7) is 3.51. The molecule has 0 saturated heterocycles. The molecule has 4 nitrogen and oxygen atoms in total. The average molecular weight is 375 g/mol. The van der Waals surface area contributed by atoms with Crippen molar-refractivity contribution in [3.63, 3.8) is 0 Å². The molecule has 1 aliphatic carbocycles. The summed E-state index contributed by atoms with van der Waals surface area (Å²) in [6, 6.07) is 0. The van der Waals surface area contributed by atoms with Gasteiger partial charge in [-0.2, -0.15) is 0 Å². The van der Waals surface area contributed by atoms with E-state index in [-0.39, 0.29) is 0 Å². The number of allylic oxidation sites excluding steroid dienone is 2. The van der Waals surface area contributed by atoms with Crippen LogP contribution in [0.4, 0.5) is 0 Å². The van der Waals surface area contributed by atoms with Gasteiger partial charge in [0, 0.05) is 0 Å². The Morgan fingerprint density at radius 1 is 0.815 bits per heavy atom. The molecular weight excluding hydrogens is 336 g/mol. The fourth-order valence-corrected chi connectivity index (χ4v) is 4.17. The van der Waals surface area contributed by atoms with Crippen LogP contribution in [0.3, 0.4) is 0 Å². The van der Waals surface area contributed by atoms with Crippen molar-refractivity contribution in [1.29, 1.82) is 0 Å². The van der Waals surface area contributed by atoms with Crippen LogP contribution in [0.15, 0.2) is 22.1 Å². The van der Waals surface area contributed by atoms with Gasteiger partial charge in [-0.05, 0) is 43.4 Å². The molecule has 1 rings (SSSR count). The smallest absolute Gasteiger partial charge is 0.211 e. The second kappa shape index (κ2) is 16.7. The molecule has 0 radical (unpaired) electrons. The first kappa shape index (κ1) is 23.5. The van der Waals surface area contributed by atoms with Crippen molar-refractivity contribution in [2.75, 3.05) is 13.1 Å². The third-order valence-electron chi connectivity index (χ3n) is 5.78. The number of aliphatic imine (C=N–C) groups is 2. The summed E-state index contributed by atoms with van der Waals surface area (Å²) in [7, 11) is 0. The van der Waals surface area contributed by atoms with E-state index in [2.05, 4.69) is 29.1 Å². The Bertz CT molecular complexity index is 491. The van der Waals surface area contributed by atoms with E-state index in [1.807, 2.05) is 0 Å². The molecule has 0 saturated carbocycles. The van der Waals surface area contributed by atoms with Crippen molar-refractivity contribution in [2.24, 2.45) is 27.7 Å². The highest BCUT2D eigenvalue weighted by molar-refractivity contribution is 5.33. The zero-order valence-electron chi connectivity index (χ0n) is 17.2. The van der Waals surface area contributed by atoms with Gasteiger partial charge in [0.1, 0.15) is 0 Å². The lowest BCUT2D eigenvalue weighted by atomic mass is 9.75. The predicted octanol–water partition coefficient (Wildman–Crippen LogP) is 6.17. The van der Waals surface area contributed by atoms with Crippen LogP contribution in [-0.2, 0) is 9.59 Å². The van der Waals surface area contributed by atoms with Crippen LogP contribution in [0, 0.1) is 17.8 Å². The molecule has 0 spiro atoms. The first-order valence-corrected chi connectivity index (χ1v) is 11.1. The molecule has 4 heteroatoms. The largest absolute Gasteiger partial charge is 0.234 e. The molecule has 0 amide bonds. The molecule has 0 bridgehead atoms. The number of nitrogens with zero attached hydrogens (tertiary/aromatic N) is 2. The number of unbranched alkanes of at least 4 members (excludes halogenated alkanes) is 8. The molecule has 0 N–H and O–H groups in total. The van der Waals surface area contributed by atoms with Gasteiger partial charge >= 0.3 is 0 Å². The second-order valence-electron chi connectivity index (χ2n) is 7.97. The van der Waals surface area contributed by atoms with Crippen molar-refractivity contribution < 1.29 is 9.59 Å². The summed E-state index contributed by atoms with van der Waals surface area (Å²) in [6.07, 6.45) is 24.2. The quantitative estimate of drug-likeness (QED) is 0.140. The van der Waals surface area contributed by atoms with Crippen LogP contribution in [-0.4, -0.2) is 25.2 Å². The van der Waals surface area contributed by atoms with Gasteiger partial charge in [0.25, 0.3) is 0 Å². The Kier molecular flexibility index (Phi) is 14.5. The molecule has 0 aromatic rings. The van der Waals surface area contributed by atoms with Crippen LogP contribution < -0.4 is 0 Å². The van der Waals surface area contributed by atoms with E-state index in [0.29, 0.717) is 30.8 Å². The van der Waals surface area contributed by atoms with E-state index >= 15 is 0 Å². The highest BCUT2D eigenvalue weighted by Gasteiger charge is 2.25. The van der Waals surface area contributed by atoms with Gasteiger partial charge in [-0.3, -0.25) is 0 Å². The normalized spacial score (nSPS) is 21.4. The minimum Gasteiger partial charge on any atom is -0.211 e. The highest BCUT2D eigenvalue weighted by atomic mass is 16.1. The van der Waals surface area contributed by atoms with Crippen molar-refractivity contribution in [3.8, 4) is 0 Å². The molecule has 0 fully saturated rings. The summed E-state index contributed by atoms with van der Waals surface area (Å²) in [4.78, 5) is 28.1. The van der Waals surface area contributed by atoms with E-state index in [9.17, 15) is 9.59 Å². The Labute approximate surface area is 165 Å². The molecular formula is C23H38N2O2. The van der Waals surface area contributed by atoms with Crippen molar-refractivity contribution in [3.05, 3.63) is 12.2 Å². The number of isocyanates is 2. The lowest BCUT2D eigenvalue weighted by molar-refractivity contribution is 0.286. The van der Waals surface area contributed by atoms with Crippen LogP contribution in [0.1, 0.15) is 90.4 Å². The van der Waals surface area contributed by atoms with E-state index in [1.165, 1.54) is 70.6 Å². The molecule has 3 atom stereocenters. The third-order valence-corrected chi connectivity index (χ3v) is 5.78. The average Bonchev–Trinajstić information content (AvgIpc) is 2.69. The maximum absolute atomic E-state index is 10.6. The lowest BCUT2D eigenvalue weighted by Crippen LogP contribution is -2.23. The van der Waals surface area contributed by atoms with Gasteiger partial charge in [0.05, 0.1) is 13.1 Å². The zero-order chi connectivity index (χ0) is 19.6. The summed E-state index contributed by atoms with van der Waals surface area (Å²) in [5.74, 6) is 1.74. The molecule has 0 heterocycles. The van der Waals surface area contributed by atoms with Crippen LogP contribution >= 0.6 is 0 Å². The maximum Gasteiger partial charge on any atom is 0.234 e. The third kappa shape index (κ3) is 11.7. The Balaban J connectivity index is 2.27. The molecule has 27 heavy (non-hydrogen) atoms. The Morgan fingerprint density at radius 2 is 1.48 bits per heavy atom. The number of rotatable bonds is 16. The van der Waals surface area contributed by atoms with Crippen molar-refractivity contribution in [2.45, 2.75) is 90.4 Å². The summed E-state index contributed by atoms with van der Waals surface area (Å²) in [5.41, 5.74) is 0. The fourth-order valence-electron chi connectivity index (χ4n) is 4.17. The number of hydrogen-bond donors (Lipinski definition) is 0. The zero-order valence-corrected chi connectivity index (χ0v) is 17.2. The van der Waals surface area contributed by atoms with E-state index in [0.717, 1.165) is 12.8 Å². The minimum absolute atomic E-state index is 0.508. The highest BCUT2D eigenvalue weighted by Crippen LogP contribution is 2.34. The monoisotopic (exact) mass is 374 g/mol. The molecule has 1 aliphatic rings. The first-order valence-electron chi connectivity index (χ1n) is 11.1. The molecule has 3 unspecified atom stereocenters. The first-order chi connectivity index (χ1) is 13.3. The van der Waals surface area contributed by atoms with Gasteiger partial charge in [-0.25, -0.2) is 19.6 Å². The summed E-state index contributed by atoms with van der Waals surface area (Å²) < 4.78 is 0. The van der Waals surface area contributed by atoms with Crippen LogP contribution in [0.25, 0.3) is 0 Å². The summed E-state index contributed by atoms with van der Waals surface area (Å²) in [5, 5.41) is 0. The number of hydrogen-bond acceptors (Lipinski definition) is 4. The fraction of sp³-hybridized carbons (Fsp3) is 0.826. The standard InChI is InChI=1S/C23H38N2O2/c1-2-3-4-9-12-21-14-15-22(23(17-21)18-25-20-27)13-10-7-5-6-8-11-16-24-19-26/h14-15,21-23H,2-13,16-18H2,1H3. The molecule has 152 valence electrons. The number of carbonyl (C=O) groups excluding carboxylic acids is 2. The molecule has 0 aromatic carbocycles. The topological polar surface area (TPSA) is 58.9 Å². The van der Waals surface area contributed by atoms with Crippen molar-refractivity contribution >= 4 is 12.2 Å². The molecule has 0 aromatic heterocycles. The lowest BCUT2D eigenvalue weighted by Gasteiger charge is -2.31. The van der Waals surface area contributed by atoms with E-state index in [4.69, 9.17) is 0 Å². The second-order valence-corrected chi connectivity index (χ2v) is 7.97. The van der Waals surface area contributed by atoms with Gasteiger partial charge in [0.2, 0.25) is 12.2 Å². The summed E-state index contributed by atoms with van der Waals surface area (Å²) >= 11 is 0. The van der Waals surface area contributed by atoms with Crippen LogP contribution in [0.5, 0.6) is 0 Å². The maximum atomic E-state index is 10.6. The predicted molar refractivity (Wildman–Crippen MR) is 111 cm³/mol. The van der Waals surface area contributed by atoms with Crippen LogP contribution in [0.2, 0.25) is 0 Å². The Morgan fingerprint density at radius 3 is 2.22 bits per heavy atom. The van der Waals surface area contributed by atoms with Gasteiger partial charge in [-0.1, -0.05) is 76.9 Å². The van der Waals surface area contributed by atoms with E-state index in [1.54, 1.807) is 12.2 Å². The van der Waals surface area contributed by atoms with Gasteiger partial charge in [0.15, 0.2) is 0 Å². The van der Waals surface area contributed by atoms with Gasteiger partial charge < -0.3 is 0 Å². The molecule has 0 aliphatic heterocycles. The SMILES string of the molecule is CCCCCCC1C=CC(CCCCCCCCN=C=O)C(CN=C=O)C1. The van der Waals surface area contributed by atoms with Crippen molar-refractivity contribution in [1.82, 2.24) is 0 Å². The van der Waals surface area contributed by atoms with E-state index < -0.39 is 0 Å². The Hall–Kier alpha value is -1.50. The van der Waals surface area contributed by atoms with Gasteiger partial charge in [-0.15, -0.1) is 0 Å². The minimum atomic E-state index is 0.508.